The van der Waals surface area contributed by atoms with E-state index in [0.717, 1.165) is 6.07 Å². The highest BCUT2D eigenvalue weighted by Crippen LogP contribution is 2.30. The van der Waals surface area contributed by atoms with Crippen LogP contribution in [-0.4, -0.2) is 9.97 Å². The molecule has 0 spiro atoms. The molecule has 6 heteroatoms. The van der Waals surface area contributed by atoms with E-state index in [1.165, 1.54) is 12.3 Å². The maximum absolute atomic E-state index is 12.3. The molecule has 1 aromatic heterocycles. The van der Waals surface area contributed by atoms with Gasteiger partial charge in [-0.3, -0.25) is 4.98 Å². The third-order valence-corrected chi connectivity index (χ3v) is 1.54. The second-order valence-corrected chi connectivity index (χ2v) is 2.70. The quantitative estimate of drug-likeness (QED) is 0.711. The highest BCUT2D eigenvalue weighted by molar-refractivity contribution is 7.80. The maximum Gasteiger partial charge on any atom is 0.418 e. The Labute approximate surface area is 77.6 Å². The van der Waals surface area contributed by atoms with Gasteiger partial charge in [0.15, 0.2) is 0 Å². The predicted octanol–water partition coefficient (Wildman–Crippen LogP) is 1.73. The average molecular weight is 206 g/mol. The Morgan fingerprint density at radius 1 is 1.46 bits per heavy atom. The molecule has 0 aliphatic rings. The molecule has 0 aliphatic heterocycles. The highest BCUT2D eigenvalue weighted by atomic mass is 32.1. The van der Waals surface area contributed by atoms with E-state index in [1.807, 2.05) is 0 Å². The standard InChI is InChI=1S/C7H5F3N2S/c8-7(9,10)4-2-1-3-12-5(4)6(11)13/h1-3H,(H2,11,13). The SMILES string of the molecule is NC(=S)c1ncccc1C(F)(F)F. The van der Waals surface area contributed by atoms with Crippen LogP contribution >= 0.6 is 12.2 Å². The van der Waals surface area contributed by atoms with Gasteiger partial charge in [0, 0.05) is 6.20 Å². The minimum atomic E-state index is -4.47. The lowest BCUT2D eigenvalue weighted by Gasteiger charge is -2.09. The maximum atomic E-state index is 12.3. The Kier molecular flexibility index (Phi) is 2.51. The van der Waals surface area contributed by atoms with Crippen LogP contribution in [0.15, 0.2) is 18.3 Å². The third-order valence-electron chi connectivity index (χ3n) is 1.35. The topological polar surface area (TPSA) is 38.9 Å². The summed E-state index contributed by atoms with van der Waals surface area (Å²) in [5, 5.41) is 0. The van der Waals surface area contributed by atoms with E-state index in [-0.39, 0.29) is 10.7 Å². The van der Waals surface area contributed by atoms with Gasteiger partial charge < -0.3 is 5.73 Å². The number of nitrogens with two attached hydrogens (primary N) is 1. The number of rotatable bonds is 1. The van der Waals surface area contributed by atoms with Crippen LogP contribution in [0.4, 0.5) is 13.2 Å². The van der Waals surface area contributed by atoms with Gasteiger partial charge in [-0.2, -0.15) is 13.2 Å². The zero-order valence-electron chi connectivity index (χ0n) is 6.30. The summed E-state index contributed by atoms with van der Waals surface area (Å²) in [6.45, 7) is 0. The summed E-state index contributed by atoms with van der Waals surface area (Å²) < 4.78 is 36.8. The van der Waals surface area contributed by atoms with E-state index in [2.05, 4.69) is 17.2 Å². The van der Waals surface area contributed by atoms with E-state index in [4.69, 9.17) is 5.73 Å². The number of hydrogen-bond donors (Lipinski definition) is 1. The molecule has 0 fully saturated rings. The summed E-state index contributed by atoms with van der Waals surface area (Å²) in [7, 11) is 0. The van der Waals surface area contributed by atoms with Crippen molar-refractivity contribution in [3.8, 4) is 0 Å². The van der Waals surface area contributed by atoms with Crippen molar-refractivity contribution in [3.05, 3.63) is 29.6 Å². The summed E-state index contributed by atoms with van der Waals surface area (Å²) in [4.78, 5) is 3.10. The summed E-state index contributed by atoms with van der Waals surface area (Å²) in [5.74, 6) is 0. The van der Waals surface area contributed by atoms with Crippen molar-refractivity contribution in [2.45, 2.75) is 6.18 Å². The van der Waals surface area contributed by atoms with Gasteiger partial charge in [0.25, 0.3) is 0 Å². The lowest BCUT2D eigenvalue weighted by molar-refractivity contribution is -0.137. The van der Waals surface area contributed by atoms with E-state index in [9.17, 15) is 13.2 Å². The van der Waals surface area contributed by atoms with Gasteiger partial charge in [0.05, 0.1) is 5.56 Å². The van der Waals surface area contributed by atoms with E-state index < -0.39 is 11.7 Å². The van der Waals surface area contributed by atoms with Gasteiger partial charge in [-0.1, -0.05) is 12.2 Å². The molecule has 0 saturated heterocycles. The van der Waals surface area contributed by atoms with E-state index in [1.54, 1.807) is 0 Å². The average Bonchev–Trinajstić information content (AvgIpc) is 2.03. The van der Waals surface area contributed by atoms with Crippen LogP contribution in [0.5, 0.6) is 0 Å². The molecule has 0 aromatic carbocycles. The van der Waals surface area contributed by atoms with E-state index >= 15 is 0 Å². The van der Waals surface area contributed by atoms with Crippen LogP contribution in [0, 0.1) is 0 Å². The summed E-state index contributed by atoms with van der Waals surface area (Å²) in [6.07, 6.45) is -3.25. The first-order valence-electron chi connectivity index (χ1n) is 3.25. The summed E-state index contributed by atoms with van der Waals surface area (Å²) >= 11 is 4.43. The number of nitrogens with zero attached hydrogens (tertiary/aromatic N) is 1. The molecule has 0 radical (unpaired) electrons. The number of aromatic nitrogens is 1. The molecule has 1 rings (SSSR count). The number of pyridine rings is 1. The van der Waals surface area contributed by atoms with E-state index in [0.29, 0.717) is 0 Å². The summed E-state index contributed by atoms with van der Waals surface area (Å²) in [5.41, 5.74) is 3.80. The predicted molar refractivity (Wildman–Crippen MR) is 45.1 cm³/mol. The molecule has 0 bridgehead atoms. The molecular formula is C7H5F3N2S. The molecule has 0 amide bonds. The third kappa shape index (κ3) is 2.15. The number of thiocarbonyl (C=S) groups is 1. The largest absolute Gasteiger partial charge is 0.418 e. The fourth-order valence-corrected chi connectivity index (χ4v) is 0.993. The Morgan fingerprint density at radius 3 is 2.46 bits per heavy atom. The fourth-order valence-electron chi connectivity index (χ4n) is 0.830. The van der Waals surface area contributed by atoms with Crippen molar-refractivity contribution in [1.82, 2.24) is 4.98 Å². The van der Waals surface area contributed by atoms with Crippen molar-refractivity contribution < 1.29 is 13.2 Å². The highest BCUT2D eigenvalue weighted by Gasteiger charge is 2.34. The van der Waals surface area contributed by atoms with Crippen LogP contribution in [0.3, 0.4) is 0 Å². The summed E-state index contributed by atoms with van der Waals surface area (Å²) in [6, 6.07) is 2.08. The zero-order valence-corrected chi connectivity index (χ0v) is 7.12. The second-order valence-electron chi connectivity index (χ2n) is 2.26. The zero-order chi connectivity index (χ0) is 10.1. The molecule has 13 heavy (non-hydrogen) atoms. The van der Waals surface area contributed by atoms with Gasteiger partial charge in [0.1, 0.15) is 10.7 Å². The van der Waals surface area contributed by atoms with Crippen molar-refractivity contribution in [3.63, 3.8) is 0 Å². The van der Waals surface area contributed by atoms with Crippen molar-refractivity contribution in [2.75, 3.05) is 0 Å². The van der Waals surface area contributed by atoms with Gasteiger partial charge in [-0.05, 0) is 12.1 Å². The first-order valence-corrected chi connectivity index (χ1v) is 3.66. The Bertz CT molecular complexity index is 335. The van der Waals surface area contributed by atoms with Crippen LogP contribution in [0.1, 0.15) is 11.3 Å². The van der Waals surface area contributed by atoms with Crippen molar-refractivity contribution >= 4 is 17.2 Å². The molecule has 2 N–H and O–H groups in total. The van der Waals surface area contributed by atoms with Crippen LogP contribution in [0.25, 0.3) is 0 Å². The molecule has 0 saturated carbocycles. The lowest BCUT2D eigenvalue weighted by Crippen LogP contribution is -2.19. The first-order chi connectivity index (χ1) is 5.93. The van der Waals surface area contributed by atoms with Gasteiger partial charge in [0.2, 0.25) is 0 Å². The van der Waals surface area contributed by atoms with Crippen LogP contribution in [-0.2, 0) is 6.18 Å². The fraction of sp³-hybridized carbons (Fsp3) is 0.143. The van der Waals surface area contributed by atoms with Gasteiger partial charge >= 0.3 is 6.18 Å². The Balaban J connectivity index is 3.28. The molecular weight excluding hydrogens is 201 g/mol. The molecule has 0 unspecified atom stereocenters. The molecule has 1 aromatic rings. The molecule has 2 nitrogen and oxygen atoms in total. The molecule has 0 atom stereocenters. The van der Waals surface area contributed by atoms with Crippen molar-refractivity contribution in [2.24, 2.45) is 5.73 Å². The number of halogens is 3. The van der Waals surface area contributed by atoms with Gasteiger partial charge in [-0.15, -0.1) is 0 Å². The normalized spacial score (nSPS) is 11.3. The number of alkyl halides is 3. The molecule has 0 aliphatic carbocycles. The van der Waals surface area contributed by atoms with Crippen molar-refractivity contribution in [1.29, 1.82) is 0 Å². The number of hydrogen-bond acceptors (Lipinski definition) is 2. The monoisotopic (exact) mass is 206 g/mol. The minimum absolute atomic E-state index is 0.354. The Morgan fingerprint density at radius 2 is 2.08 bits per heavy atom. The molecule has 1 heterocycles. The smallest absolute Gasteiger partial charge is 0.388 e. The van der Waals surface area contributed by atoms with Crippen LogP contribution in [0.2, 0.25) is 0 Å². The Hall–Kier alpha value is -1.17. The molecule has 70 valence electrons. The lowest BCUT2D eigenvalue weighted by atomic mass is 10.2. The van der Waals surface area contributed by atoms with Gasteiger partial charge in [-0.25, -0.2) is 0 Å². The second kappa shape index (κ2) is 3.29. The van der Waals surface area contributed by atoms with Crippen LogP contribution < -0.4 is 5.73 Å². The minimum Gasteiger partial charge on any atom is -0.388 e. The first kappa shape index (κ1) is 9.91.